The molecular formula is C13H18BrMgN. The monoisotopic (exact) mass is 291 g/mol. The van der Waals surface area contributed by atoms with Crippen molar-refractivity contribution in [2.45, 2.75) is 32.7 Å². The van der Waals surface area contributed by atoms with Crippen molar-refractivity contribution in [3.63, 3.8) is 0 Å². The van der Waals surface area contributed by atoms with Crippen LogP contribution in [0.1, 0.15) is 30.4 Å². The average molecular weight is 293 g/mol. The number of likely N-dealkylation sites (tertiary alicyclic amines) is 1. The molecule has 0 aromatic heterocycles. The van der Waals surface area contributed by atoms with Gasteiger partial charge in [-0.3, -0.25) is 0 Å². The van der Waals surface area contributed by atoms with Gasteiger partial charge in [-0.1, -0.05) is 13.3 Å². The molecule has 1 nitrogen and oxygen atoms in total. The van der Waals surface area contributed by atoms with E-state index in [1.807, 2.05) is 6.07 Å². The summed E-state index contributed by atoms with van der Waals surface area (Å²) in [5.41, 5.74) is 2.68. The van der Waals surface area contributed by atoms with Crippen LogP contribution in [0.25, 0.3) is 0 Å². The molecule has 16 heavy (non-hydrogen) atoms. The van der Waals surface area contributed by atoms with Crippen LogP contribution in [0.2, 0.25) is 0 Å². The third-order valence-corrected chi connectivity index (χ3v) is 2.86. The Morgan fingerprint density at radius 3 is 2.56 bits per heavy atom. The van der Waals surface area contributed by atoms with Gasteiger partial charge in [-0.2, -0.15) is 29.8 Å². The maximum absolute atomic E-state index is 3.31. The fourth-order valence-electron chi connectivity index (χ4n) is 2.09. The van der Waals surface area contributed by atoms with E-state index in [4.69, 9.17) is 0 Å². The third kappa shape index (κ3) is 5.17. The fraction of sp³-hybridized carbons (Fsp3) is 0.538. The van der Waals surface area contributed by atoms with Crippen molar-refractivity contribution < 1.29 is 17.0 Å². The summed E-state index contributed by atoms with van der Waals surface area (Å²) >= 11 is 0. The van der Waals surface area contributed by atoms with Crippen LogP contribution in [-0.2, 0) is 6.54 Å². The van der Waals surface area contributed by atoms with Gasteiger partial charge in [0.05, 0.1) is 0 Å². The van der Waals surface area contributed by atoms with Gasteiger partial charge in [-0.05, 0) is 25.9 Å². The molecule has 0 saturated carbocycles. The van der Waals surface area contributed by atoms with Crippen LogP contribution < -0.4 is 17.0 Å². The second-order valence-corrected chi connectivity index (χ2v) is 4.23. The zero-order valence-electron chi connectivity index (χ0n) is 10.0. The fourth-order valence-corrected chi connectivity index (χ4v) is 2.09. The Morgan fingerprint density at radius 1 is 1.25 bits per heavy atom. The normalized spacial score (nSPS) is 16.1. The predicted octanol–water partition coefficient (Wildman–Crippen LogP) is -0.596. The molecule has 0 N–H and O–H groups in total. The zero-order valence-corrected chi connectivity index (χ0v) is 13.0. The first-order chi connectivity index (χ1) is 6.84. The number of hydrogen-bond acceptors (Lipinski definition) is 1. The molecule has 0 atom stereocenters. The van der Waals surface area contributed by atoms with Crippen LogP contribution in [0.5, 0.6) is 0 Å². The van der Waals surface area contributed by atoms with E-state index in [9.17, 15) is 0 Å². The number of rotatable bonds is 2. The van der Waals surface area contributed by atoms with Gasteiger partial charge in [0.1, 0.15) is 0 Å². The molecule has 2 rings (SSSR count). The van der Waals surface area contributed by atoms with Crippen molar-refractivity contribution in [3.8, 4) is 0 Å². The molecule has 0 unspecified atom stereocenters. The van der Waals surface area contributed by atoms with Gasteiger partial charge in [0, 0.05) is 6.54 Å². The number of piperidine rings is 1. The van der Waals surface area contributed by atoms with Gasteiger partial charge in [0.25, 0.3) is 0 Å². The Morgan fingerprint density at radius 2 is 1.94 bits per heavy atom. The first-order valence-electron chi connectivity index (χ1n) is 5.54. The van der Waals surface area contributed by atoms with Gasteiger partial charge in [0.15, 0.2) is 0 Å². The number of hydrogen-bond donors (Lipinski definition) is 0. The van der Waals surface area contributed by atoms with Crippen LogP contribution >= 0.6 is 0 Å². The Balaban J connectivity index is 0.00000112. The van der Waals surface area contributed by atoms with E-state index in [-0.39, 0.29) is 40.0 Å². The van der Waals surface area contributed by atoms with E-state index in [0.717, 1.165) is 6.54 Å². The number of halogens is 1. The second kappa shape index (κ2) is 8.51. The van der Waals surface area contributed by atoms with Crippen LogP contribution in [-0.4, -0.2) is 41.0 Å². The summed E-state index contributed by atoms with van der Waals surface area (Å²) in [6.07, 6.45) is 4.14. The summed E-state index contributed by atoms with van der Waals surface area (Å²) in [5, 5.41) is 0. The molecule has 0 bridgehead atoms. The van der Waals surface area contributed by atoms with Gasteiger partial charge < -0.3 is 21.9 Å². The molecule has 0 radical (unpaired) electrons. The Hall–Kier alpha value is 0.426. The number of benzene rings is 1. The van der Waals surface area contributed by atoms with Crippen LogP contribution in [0, 0.1) is 13.0 Å². The topological polar surface area (TPSA) is 3.24 Å². The zero-order chi connectivity index (χ0) is 9.80. The molecular weight excluding hydrogens is 274 g/mol. The molecule has 1 aromatic carbocycles. The van der Waals surface area contributed by atoms with Gasteiger partial charge in [-0.15, -0.1) is 5.56 Å². The van der Waals surface area contributed by atoms with Crippen molar-refractivity contribution in [2.24, 2.45) is 0 Å². The minimum absolute atomic E-state index is 0. The average Bonchev–Trinajstić information content (AvgIpc) is 2.19. The first kappa shape index (κ1) is 16.4. The predicted molar refractivity (Wildman–Crippen MR) is 64.9 cm³/mol. The number of nitrogens with zero attached hydrogens (tertiary/aromatic N) is 1. The molecule has 1 heterocycles. The quantitative estimate of drug-likeness (QED) is 0.520. The van der Waals surface area contributed by atoms with Crippen molar-refractivity contribution in [1.29, 1.82) is 0 Å². The van der Waals surface area contributed by atoms with Gasteiger partial charge in [-0.25, -0.2) is 0 Å². The second-order valence-electron chi connectivity index (χ2n) is 4.23. The summed E-state index contributed by atoms with van der Waals surface area (Å²) in [5.74, 6) is 0. The molecule has 0 spiro atoms. The smallest absolute Gasteiger partial charge is 1.00 e. The number of aryl methyl sites for hydroxylation is 1. The van der Waals surface area contributed by atoms with E-state index in [1.165, 1.54) is 43.5 Å². The van der Waals surface area contributed by atoms with Crippen molar-refractivity contribution in [3.05, 3.63) is 35.4 Å². The van der Waals surface area contributed by atoms with Crippen molar-refractivity contribution in [1.82, 2.24) is 4.90 Å². The molecule has 3 heteroatoms. The molecule has 0 amide bonds. The standard InChI is InChI=1S/C13H18N.BrH.Mg/c1-12-6-5-7-13(10-12)11-14-8-3-2-4-9-14;;/h5-6,10H,2-4,8-9,11H2,1H3;1H;/q-1;;+2/p-1. The molecule has 1 aliphatic heterocycles. The summed E-state index contributed by atoms with van der Waals surface area (Å²) in [4.78, 5) is 2.54. The van der Waals surface area contributed by atoms with E-state index >= 15 is 0 Å². The maximum atomic E-state index is 3.31. The molecule has 84 valence electrons. The molecule has 0 aliphatic carbocycles. The van der Waals surface area contributed by atoms with Crippen LogP contribution in [0.4, 0.5) is 0 Å². The van der Waals surface area contributed by atoms with Crippen LogP contribution in [0.15, 0.2) is 18.2 Å². The molecule has 1 aliphatic rings. The van der Waals surface area contributed by atoms with Gasteiger partial charge >= 0.3 is 23.1 Å². The molecule has 1 saturated heterocycles. The van der Waals surface area contributed by atoms with E-state index in [1.54, 1.807) is 0 Å². The Kier molecular flexibility index (Phi) is 8.73. The van der Waals surface area contributed by atoms with E-state index in [2.05, 4.69) is 30.0 Å². The SMILES string of the molecule is Cc1cc[c-]c(CN2CCCCC2)c1.[Br-].[Mg+2]. The van der Waals surface area contributed by atoms with Crippen molar-refractivity contribution in [2.75, 3.05) is 13.1 Å². The minimum atomic E-state index is 0. The Labute approximate surface area is 126 Å². The van der Waals surface area contributed by atoms with E-state index in [0.29, 0.717) is 0 Å². The van der Waals surface area contributed by atoms with Gasteiger partial charge in [0.2, 0.25) is 0 Å². The summed E-state index contributed by atoms with van der Waals surface area (Å²) in [6, 6.07) is 9.71. The summed E-state index contributed by atoms with van der Waals surface area (Å²) < 4.78 is 0. The van der Waals surface area contributed by atoms with Crippen molar-refractivity contribution >= 4 is 23.1 Å². The Bertz CT molecular complexity index is 298. The summed E-state index contributed by atoms with van der Waals surface area (Å²) in [6.45, 7) is 5.76. The molecule has 1 fully saturated rings. The van der Waals surface area contributed by atoms with Crippen LogP contribution in [0.3, 0.4) is 0 Å². The molecule has 1 aromatic rings. The largest absolute Gasteiger partial charge is 2.00 e. The van der Waals surface area contributed by atoms with E-state index < -0.39 is 0 Å². The third-order valence-electron chi connectivity index (χ3n) is 2.86. The minimum Gasteiger partial charge on any atom is -1.00 e. The first-order valence-corrected chi connectivity index (χ1v) is 5.54. The maximum Gasteiger partial charge on any atom is 2.00 e. The summed E-state index contributed by atoms with van der Waals surface area (Å²) in [7, 11) is 0.